The summed E-state index contributed by atoms with van der Waals surface area (Å²) in [5, 5.41) is 2.17. The SMILES string of the molecule is Cc1cccc2c1N(COC(=O)C(N)C(C)C)C(=O)[C@@H](NC(=O)C(CCC(F)(F)F)C(CCC(F)(F)F)C(N)=O)N=C2c1cccc(F)c1. The van der Waals surface area contributed by atoms with Gasteiger partial charge in [-0.2, -0.15) is 26.3 Å². The number of halogens is 7. The maximum absolute atomic E-state index is 14.4. The van der Waals surface area contributed by atoms with Gasteiger partial charge in [-0.25, -0.2) is 9.38 Å². The zero-order valence-electron chi connectivity index (χ0n) is 26.7. The number of rotatable bonds is 13. The second-order valence-electron chi connectivity index (χ2n) is 11.9. The van der Waals surface area contributed by atoms with Crippen LogP contribution < -0.4 is 21.7 Å². The summed E-state index contributed by atoms with van der Waals surface area (Å²) in [6.45, 7) is 4.11. The van der Waals surface area contributed by atoms with E-state index in [1.165, 1.54) is 18.2 Å². The van der Waals surface area contributed by atoms with Gasteiger partial charge in [0, 0.05) is 35.8 Å². The number of carbonyl (C=O) groups excluding carboxylic acids is 4. The van der Waals surface area contributed by atoms with Gasteiger partial charge in [0.1, 0.15) is 11.9 Å². The summed E-state index contributed by atoms with van der Waals surface area (Å²) in [4.78, 5) is 58.0. The smallest absolute Gasteiger partial charge is 0.389 e. The Hall–Kier alpha value is -4.54. The summed E-state index contributed by atoms with van der Waals surface area (Å²) < 4.78 is 98.8. The number of para-hydroxylation sites is 1. The molecule has 49 heavy (non-hydrogen) atoms. The van der Waals surface area contributed by atoms with Crippen LogP contribution in [0.2, 0.25) is 0 Å². The first-order valence-electron chi connectivity index (χ1n) is 15.1. The summed E-state index contributed by atoms with van der Waals surface area (Å²) in [5.41, 5.74) is 12.0. The van der Waals surface area contributed by atoms with E-state index in [1.807, 2.05) is 0 Å². The predicted octanol–water partition coefficient (Wildman–Crippen LogP) is 4.65. The van der Waals surface area contributed by atoms with E-state index in [1.54, 1.807) is 32.9 Å². The monoisotopic (exact) mass is 703 g/mol. The number of nitrogens with two attached hydrogens (primary N) is 2. The van der Waals surface area contributed by atoms with E-state index in [-0.39, 0.29) is 28.4 Å². The Morgan fingerprint density at radius 2 is 1.57 bits per heavy atom. The van der Waals surface area contributed by atoms with E-state index >= 15 is 0 Å². The van der Waals surface area contributed by atoms with Gasteiger partial charge in [-0.1, -0.05) is 44.2 Å². The zero-order chi connectivity index (χ0) is 36.8. The van der Waals surface area contributed by atoms with Crippen molar-refractivity contribution < 1.29 is 54.6 Å². The topological polar surface area (TPSA) is 157 Å². The predicted molar refractivity (Wildman–Crippen MR) is 163 cm³/mol. The second-order valence-corrected chi connectivity index (χ2v) is 11.9. The molecule has 5 N–H and O–H groups in total. The number of nitrogens with one attached hydrogen (secondary N) is 1. The van der Waals surface area contributed by atoms with Crippen molar-refractivity contribution in [2.75, 3.05) is 11.6 Å². The molecule has 0 fully saturated rings. The summed E-state index contributed by atoms with van der Waals surface area (Å²) in [6, 6.07) is 8.54. The van der Waals surface area contributed by atoms with Gasteiger partial charge in [0.15, 0.2) is 6.73 Å². The van der Waals surface area contributed by atoms with Crippen LogP contribution in [0.4, 0.5) is 36.4 Å². The number of nitrogens with zero attached hydrogens (tertiary/aromatic N) is 2. The van der Waals surface area contributed by atoms with Gasteiger partial charge < -0.3 is 21.5 Å². The highest BCUT2D eigenvalue weighted by molar-refractivity contribution is 6.20. The van der Waals surface area contributed by atoms with Crippen LogP contribution in [0, 0.1) is 30.5 Å². The molecule has 1 heterocycles. The minimum Gasteiger partial charge on any atom is -0.443 e. The number of anilines is 1. The molecule has 0 aliphatic carbocycles. The Labute approximate surface area is 277 Å². The average molecular weight is 704 g/mol. The molecular formula is C32H36F7N5O5. The number of esters is 1. The van der Waals surface area contributed by atoms with Crippen LogP contribution >= 0.6 is 0 Å². The third-order valence-electron chi connectivity index (χ3n) is 7.89. The Kier molecular flexibility index (Phi) is 12.5. The molecule has 2 aromatic rings. The van der Waals surface area contributed by atoms with Crippen molar-refractivity contribution in [1.82, 2.24) is 5.32 Å². The lowest BCUT2D eigenvalue weighted by Crippen LogP contribution is -2.52. The van der Waals surface area contributed by atoms with Gasteiger partial charge in [0.2, 0.25) is 18.0 Å². The van der Waals surface area contributed by atoms with Crippen molar-refractivity contribution in [2.45, 2.75) is 71.0 Å². The summed E-state index contributed by atoms with van der Waals surface area (Å²) in [5.74, 6) is -9.99. The molecule has 0 aromatic heterocycles. The first-order chi connectivity index (χ1) is 22.7. The average Bonchev–Trinajstić information content (AvgIpc) is 3.10. The van der Waals surface area contributed by atoms with Crippen LogP contribution in [0.15, 0.2) is 47.5 Å². The molecule has 0 spiro atoms. The number of amides is 3. The van der Waals surface area contributed by atoms with E-state index in [2.05, 4.69) is 10.3 Å². The molecule has 1 aliphatic rings. The number of aliphatic imine (C=N–C) groups is 1. The number of primary amides is 1. The molecule has 1 aliphatic heterocycles. The fourth-order valence-electron chi connectivity index (χ4n) is 5.24. The van der Waals surface area contributed by atoms with Gasteiger partial charge in [0.05, 0.1) is 11.4 Å². The van der Waals surface area contributed by atoms with Crippen molar-refractivity contribution in [3.05, 3.63) is 65.0 Å². The Bertz CT molecular complexity index is 1580. The van der Waals surface area contributed by atoms with Gasteiger partial charge in [-0.05, 0) is 43.4 Å². The van der Waals surface area contributed by atoms with E-state index in [0.717, 1.165) is 17.0 Å². The number of benzene rings is 2. The van der Waals surface area contributed by atoms with E-state index in [4.69, 9.17) is 16.2 Å². The fraction of sp³-hybridized carbons (Fsp3) is 0.469. The van der Waals surface area contributed by atoms with E-state index in [0.29, 0.717) is 5.56 Å². The Morgan fingerprint density at radius 1 is 0.980 bits per heavy atom. The number of benzodiazepines with no additional fused rings is 1. The number of ether oxygens (including phenoxy) is 1. The second kappa shape index (κ2) is 15.8. The quantitative estimate of drug-likeness (QED) is 0.204. The molecule has 4 atom stereocenters. The van der Waals surface area contributed by atoms with Crippen LogP contribution in [0.5, 0.6) is 0 Å². The number of fused-ring (bicyclic) bond motifs is 1. The van der Waals surface area contributed by atoms with Crippen LogP contribution in [0.1, 0.15) is 56.2 Å². The molecular weight excluding hydrogens is 667 g/mol. The first kappa shape index (κ1) is 38.9. The summed E-state index contributed by atoms with van der Waals surface area (Å²) in [6.07, 6.45) is -17.3. The standard InChI is InChI=1S/C32H36F7N5O5/c1-16(2)23(40)30(48)49-15-44-25-17(3)6-4-9-22(25)24(18-7-5-8-19(33)14-18)42-27(29(44)47)43-28(46)21(11-13-32(37,38)39)20(26(41)45)10-12-31(34,35)36/h4-9,14,16,20-21,23,27H,10-13,15,40H2,1-3H3,(H2,41,45)(H,43,46)/t20?,21?,23?,27-/m1/s1. The van der Waals surface area contributed by atoms with Crippen molar-refractivity contribution in [3.63, 3.8) is 0 Å². The lowest BCUT2D eigenvalue weighted by molar-refractivity contribution is -0.152. The van der Waals surface area contributed by atoms with Gasteiger partial charge in [0.25, 0.3) is 5.91 Å². The van der Waals surface area contributed by atoms with Crippen molar-refractivity contribution in [1.29, 1.82) is 0 Å². The minimum atomic E-state index is -4.87. The molecule has 3 rings (SSSR count). The van der Waals surface area contributed by atoms with Crippen LogP contribution in [-0.4, -0.2) is 60.7 Å². The summed E-state index contributed by atoms with van der Waals surface area (Å²) >= 11 is 0. The van der Waals surface area contributed by atoms with Crippen LogP contribution in [-0.2, 0) is 23.9 Å². The van der Waals surface area contributed by atoms with Gasteiger partial charge in [-0.15, -0.1) is 0 Å². The number of carbonyl (C=O) groups is 4. The molecule has 0 radical (unpaired) electrons. The van der Waals surface area contributed by atoms with Gasteiger partial charge >= 0.3 is 18.3 Å². The zero-order valence-corrected chi connectivity index (χ0v) is 26.7. The Morgan fingerprint density at radius 3 is 2.12 bits per heavy atom. The maximum Gasteiger partial charge on any atom is 0.389 e. The highest BCUT2D eigenvalue weighted by Crippen LogP contribution is 2.34. The highest BCUT2D eigenvalue weighted by atomic mass is 19.4. The van der Waals surface area contributed by atoms with Crippen LogP contribution in [0.3, 0.4) is 0 Å². The third-order valence-corrected chi connectivity index (χ3v) is 7.89. The molecule has 0 bridgehead atoms. The molecule has 0 saturated carbocycles. The molecule has 10 nitrogen and oxygen atoms in total. The number of hydrogen-bond donors (Lipinski definition) is 3. The van der Waals surface area contributed by atoms with Crippen molar-refractivity contribution in [2.24, 2.45) is 34.2 Å². The maximum atomic E-state index is 14.4. The van der Waals surface area contributed by atoms with Crippen LogP contribution in [0.25, 0.3) is 0 Å². The molecule has 17 heteroatoms. The molecule has 3 unspecified atom stereocenters. The molecule has 0 saturated heterocycles. The number of alkyl halides is 6. The highest BCUT2D eigenvalue weighted by Gasteiger charge is 2.42. The fourth-order valence-corrected chi connectivity index (χ4v) is 5.24. The largest absolute Gasteiger partial charge is 0.443 e. The van der Waals surface area contributed by atoms with Crippen molar-refractivity contribution in [3.8, 4) is 0 Å². The molecule has 2 aromatic carbocycles. The van der Waals surface area contributed by atoms with E-state index < -0.39 is 98.3 Å². The first-order valence-corrected chi connectivity index (χ1v) is 15.1. The number of aryl methyl sites for hydroxylation is 1. The number of hydrogen-bond acceptors (Lipinski definition) is 7. The lowest BCUT2D eigenvalue weighted by atomic mass is 9.83. The van der Waals surface area contributed by atoms with Gasteiger partial charge in [-0.3, -0.25) is 24.1 Å². The third kappa shape index (κ3) is 10.5. The van der Waals surface area contributed by atoms with E-state index in [9.17, 15) is 49.9 Å². The molecule has 3 amide bonds. The lowest BCUT2D eigenvalue weighted by Gasteiger charge is -2.29. The Balaban J connectivity index is 2.15. The summed E-state index contributed by atoms with van der Waals surface area (Å²) in [7, 11) is 0. The normalized spacial score (nSPS) is 17.1. The minimum absolute atomic E-state index is 0.0695. The molecule has 268 valence electrons. The van der Waals surface area contributed by atoms with Crippen molar-refractivity contribution >= 4 is 35.1 Å².